The molecule has 0 bridgehead atoms. The number of aryl methyl sites for hydroxylation is 1. The third kappa shape index (κ3) is 4.48. The van der Waals surface area contributed by atoms with Gasteiger partial charge in [0.05, 0.1) is 16.7 Å². The number of rotatable bonds is 7. The minimum absolute atomic E-state index is 0.0935. The standard InChI is InChI=1S/C21H20FN3O2S/c1-3-10-25-20(27)16-6-4-5-7-18(16)24-21(25)28-13-19(26)23-12-15-9-8-14(2)17(22)11-15/h3-9,11H,1,10,12-13H2,2H3,(H,23,26). The highest BCUT2D eigenvalue weighted by Crippen LogP contribution is 2.18. The summed E-state index contributed by atoms with van der Waals surface area (Å²) >= 11 is 1.18. The van der Waals surface area contributed by atoms with E-state index in [0.717, 1.165) is 0 Å². The molecule has 3 rings (SSSR count). The molecule has 7 heteroatoms. The van der Waals surface area contributed by atoms with E-state index in [1.165, 1.54) is 22.4 Å². The van der Waals surface area contributed by atoms with Crippen molar-refractivity contribution >= 4 is 28.6 Å². The molecule has 3 aromatic rings. The maximum absolute atomic E-state index is 13.6. The fraction of sp³-hybridized carbons (Fsp3) is 0.190. The Bertz CT molecular complexity index is 1090. The number of thioether (sulfide) groups is 1. The number of fused-ring (bicyclic) bond motifs is 1. The molecule has 5 nitrogen and oxygen atoms in total. The average molecular weight is 397 g/mol. The van der Waals surface area contributed by atoms with Crippen molar-refractivity contribution in [2.45, 2.75) is 25.2 Å². The van der Waals surface area contributed by atoms with E-state index < -0.39 is 0 Å². The number of hydrogen-bond acceptors (Lipinski definition) is 4. The van der Waals surface area contributed by atoms with Gasteiger partial charge in [-0.15, -0.1) is 6.58 Å². The van der Waals surface area contributed by atoms with Crippen molar-refractivity contribution in [2.24, 2.45) is 0 Å². The predicted octanol–water partition coefficient (Wildman–Crippen LogP) is 3.44. The lowest BCUT2D eigenvalue weighted by Crippen LogP contribution is -2.26. The van der Waals surface area contributed by atoms with Crippen LogP contribution in [0.3, 0.4) is 0 Å². The summed E-state index contributed by atoms with van der Waals surface area (Å²) in [7, 11) is 0. The number of carbonyl (C=O) groups is 1. The van der Waals surface area contributed by atoms with Crippen LogP contribution in [0.4, 0.5) is 4.39 Å². The van der Waals surface area contributed by atoms with Gasteiger partial charge in [0.25, 0.3) is 5.56 Å². The van der Waals surface area contributed by atoms with E-state index in [-0.39, 0.29) is 29.6 Å². The van der Waals surface area contributed by atoms with Crippen LogP contribution in [-0.2, 0) is 17.9 Å². The molecule has 0 saturated carbocycles. The van der Waals surface area contributed by atoms with Crippen molar-refractivity contribution in [1.82, 2.24) is 14.9 Å². The maximum Gasteiger partial charge on any atom is 0.262 e. The smallest absolute Gasteiger partial charge is 0.262 e. The first-order valence-corrected chi connectivity index (χ1v) is 9.73. The summed E-state index contributed by atoms with van der Waals surface area (Å²) in [6.45, 7) is 5.92. The van der Waals surface area contributed by atoms with Crippen molar-refractivity contribution in [3.63, 3.8) is 0 Å². The molecule has 2 aromatic carbocycles. The zero-order chi connectivity index (χ0) is 20.1. The zero-order valence-electron chi connectivity index (χ0n) is 15.4. The monoisotopic (exact) mass is 397 g/mol. The Morgan fingerprint density at radius 3 is 2.86 bits per heavy atom. The third-order valence-corrected chi connectivity index (χ3v) is 5.17. The number of para-hydroxylation sites is 1. The molecular formula is C21H20FN3O2S. The molecule has 0 aliphatic carbocycles. The SMILES string of the molecule is C=CCn1c(SCC(=O)NCc2ccc(C)c(F)c2)nc2ccccc2c1=O. The molecular weight excluding hydrogens is 377 g/mol. The van der Waals surface area contributed by atoms with Crippen LogP contribution in [0.15, 0.2) is 65.1 Å². The van der Waals surface area contributed by atoms with Gasteiger partial charge in [0.2, 0.25) is 5.91 Å². The summed E-state index contributed by atoms with van der Waals surface area (Å²) in [5.41, 5.74) is 1.68. The number of aromatic nitrogens is 2. The Morgan fingerprint density at radius 2 is 2.11 bits per heavy atom. The van der Waals surface area contributed by atoms with Gasteiger partial charge in [-0.05, 0) is 36.2 Å². The lowest BCUT2D eigenvalue weighted by Gasteiger charge is -2.11. The third-order valence-electron chi connectivity index (χ3n) is 4.20. The van der Waals surface area contributed by atoms with E-state index in [9.17, 15) is 14.0 Å². The molecule has 0 atom stereocenters. The highest BCUT2D eigenvalue weighted by atomic mass is 32.2. The maximum atomic E-state index is 13.6. The molecule has 1 heterocycles. The molecule has 0 fully saturated rings. The Morgan fingerprint density at radius 1 is 1.32 bits per heavy atom. The lowest BCUT2D eigenvalue weighted by atomic mass is 10.1. The fourth-order valence-electron chi connectivity index (χ4n) is 2.68. The number of benzene rings is 2. The summed E-state index contributed by atoms with van der Waals surface area (Å²) in [6, 6.07) is 12.0. The second-order valence-corrected chi connectivity index (χ2v) is 7.21. The van der Waals surface area contributed by atoms with Gasteiger partial charge >= 0.3 is 0 Å². The molecule has 144 valence electrons. The largest absolute Gasteiger partial charge is 0.351 e. The number of amides is 1. The summed E-state index contributed by atoms with van der Waals surface area (Å²) < 4.78 is 15.1. The first kappa shape index (κ1) is 19.8. The van der Waals surface area contributed by atoms with Crippen molar-refractivity contribution in [2.75, 3.05) is 5.75 Å². The number of halogens is 1. The van der Waals surface area contributed by atoms with Crippen LogP contribution in [0, 0.1) is 12.7 Å². The van der Waals surface area contributed by atoms with Crippen LogP contribution in [-0.4, -0.2) is 21.2 Å². The molecule has 28 heavy (non-hydrogen) atoms. The van der Waals surface area contributed by atoms with Crippen LogP contribution in [0.25, 0.3) is 10.9 Å². The molecule has 1 aromatic heterocycles. The Kier molecular flexibility index (Phi) is 6.26. The van der Waals surface area contributed by atoms with Crippen molar-refractivity contribution < 1.29 is 9.18 Å². The van der Waals surface area contributed by atoms with Crippen LogP contribution in [0.1, 0.15) is 11.1 Å². The van der Waals surface area contributed by atoms with Gasteiger partial charge in [-0.1, -0.05) is 42.1 Å². The number of hydrogen-bond donors (Lipinski definition) is 1. The Hall–Kier alpha value is -2.93. The Balaban J connectivity index is 1.70. The van der Waals surface area contributed by atoms with Gasteiger partial charge in [-0.3, -0.25) is 14.2 Å². The van der Waals surface area contributed by atoms with Crippen molar-refractivity contribution in [3.05, 3.63) is 82.4 Å². The van der Waals surface area contributed by atoms with Gasteiger partial charge < -0.3 is 5.32 Å². The van der Waals surface area contributed by atoms with Gasteiger partial charge in [-0.25, -0.2) is 9.37 Å². The second kappa shape index (κ2) is 8.84. The van der Waals surface area contributed by atoms with Gasteiger partial charge in [0, 0.05) is 13.1 Å². The molecule has 0 aliphatic heterocycles. The van der Waals surface area contributed by atoms with Gasteiger partial charge in [0.15, 0.2) is 5.16 Å². The number of nitrogens with one attached hydrogen (secondary N) is 1. The summed E-state index contributed by atoms with van der Waals surface area (Å²) in [5, 5.41) is 3.74. The average Bonchev–Trinajstić information content (AvgIpc) is 2.70. The molecule has 0 aliphatic rings. The van der Waals surface area contributed by atoms with Crippen LogP contribution >= 0.6 is 11.8 Å². The molecule has 0 radical (unpaired) electrons. The van der Waals surface area contributed by atoms with E-state index in [4.69, 9.17) is 0 Å². The molecule has 1 amide bonds. The van der Waals surface area contributed by atoms with E-state index in [1.54, 1.807) is 43.3 Å². The fourth-order valence-corrected chi connectivity index (χ4v) is 3.51. The highest BCUT2D eigenvalue weighted by molar-refractivity contribution is 7.99. The minimum atomic E-state index is -0.296. The number of nitrogens with zero attached hydrogens (tertiary/aromatic N) is 2. The van der Waals surface area contributed by atoms with E-state index >= 15 is 0 Å². The molecule has 0 spiro atoms. The molecule has 1 N–H and O–H groups in total. The van der Waals surface area contributed by atoms with E-state index in [0.29, 0.717) is 33.7 Å². The first-order valence-electron chi connectivity index (χ1n) is 8.74. The lowest BCUT2D eigenvalue weighted by molar-refractivity contribution is -0.118. The van der Waals surface area contributed by atoms with Gasteiger partial charge in [0.1, 0.15) is 5.82 Å². The predicted molar refractivity (Wildman–Crippen MR) is 110 cm³/mol. The van der Waals surface area contributed by atoms with Gasteiger partial charge in [-0.2, -0.15) is 0 Å². The van der Waals surface area contributed by atoms with Crippen molar-refractivity contribution in [3.8, 4) is 0 Å². The first-order chi connectivity index (χ1) is 13.5. The van der Waals surface area contributed by atoms with E-state index in [2.05, 4.69) is 16.9 Å². The van der Waals surface area contributed by atoms with Crippen molar-refractivity contribution in [1.29, 1.82) is 0 Å². The molecule has 0 unspecified atom stereocenters. The molecule has 0 saturated heterocycles. The zero-order valence-corrected chi connectivity index (χ0v) is 16.3. The van der Waals surface area contributed by atoms with Crippen LogP contribution in [0.2, 0.25) is 0 Å². The Labute approximate surface area is 166 Å². The van der Waals surface area contributed by atoms with E-state index in [1.807, 2.05) is 6.07 Å². The highest BCUT2D eigenvalue weighted by Gasteiger charge is 2.12. The summed E-state index contributed by atoms with van der Waals surface area (Å²) in [6.07, 6.45) is 1.62. The number of allylic oxidation sites excluding steroid dienone is 1. The second-order valence-electron chi connectivity index (χ2n) is 6.26. The normalized spacial score (nSPS) is 10.8. The topological polar surface area (TPSA) is 64.0 Å². The minimum Gasteiger partial charge on any atom is -0.351 e. The van der Waals surface area contributed by atoms with Crippen LogP contribution < -0.4 is 10.9 Å². The summed E-state index contributed by atoms with van der Waals surface area (Å²) in [4.78, 5) is 29.4. The van der Waals surface area contributed by atoms with Crippen LogP contribution in [0.5, 0.6) is 0 Å². The summed E-state index contributed by atoms with van der Waals surface area (Å²) in [5.74, 6) is -0.426. The quantitative estimate of drug-likeness (QED) is 0.377. The number of carbonyl (C=O) groups excluding carboxylic acids is 1.